The van der Waals surface area contributed by atoms with Crippen molar-refractivity contribution >= 4 is 11.6 Å². The fourth-order valence-corrected chi connectivity index (χ4v) is 1.06. The van der Waals surface area contributed by atoms with Crippen LogP contribution in [0.1, 0.15) is 10.4 Å². The molecule has 0 saturated heterocycles. The fraction of sp³-hybridized carbons (Fsp3) is 0.300. The highest BCUT2D eigenvalue weighted by atomic mass is 19.3. The van der Waals surface area contributed by atoms with E-state index in [1.807, 2.05) is 0 Å². The number of nitrogens with two attached hydrogens (primary N) is 1. The Labute approximate surface area is 98.8 Å². The molecule has 100 valence electrons. The van der Waals surface area contributed by atoms with E-state index in [-0.39, 0.29) is 11.3 Å². The maximum absolute atomic E-state index is 12.8. The summed E-state index contributed by atoms with van der Waals surface area (Å²) in [4.78, 5) is 11.3. The number of hydrogen-bond acceptors (Lipinski definition) is 2. The van der Waals surface area contributed by atoms with Crippen molar-refractivity contribution in [2.24, 2.45) is 0 Å². The predicted octanol–water partition coefficient (Wildman–Crippen LogP) is 2.04. The molecule has 1 aromatic carbocycles. The van der Waals surface area contributed by atoms with Crippen LogP contribution >= 0.6 is 0 Å². The van der Waals surface area contributed by atoms with Crippen molar-refractivity contribution in [2.45, 2.75) is 12.3 Å². The summed E-state index contributed by atoms with van der Waals surface area (Å²) in [5.41, 5.74) is 4.63. The lowest BCUT2D eigenvalue weighted by Crippen LogP contribution is -2.41. The molecule has 18 heavy (non-hydrogen) atoms. The molecular weight excluding hydrogens is 259 g/mol. The van der Waals surface area contributed by atoms with Crippen molar-refractivity contribution in [3.05, 3.63) is 29.6 Å². The SMILES string of the molecule is Nc1cc(C(=O)NCC(F)(F)C(F)F)ccc1F. The Morgan fingerprint density at radius 1 is 1.39 bits per heavy atom. The van der Waals surface area contributed by atoms with Crippen LogP contribution in [0.5, 0.6) is 0 Å². The molecule has 1 rings (SSSR count). The normalized spacial score (nSPS) is 11.7. The van der Waals surface area contributed by atoms with Gasteiger partial charge in [-0.3, -0.25) is 4.79 Å². The topological polar surface area (TPSA) is 55.1 Å². The van der Waals surface area contributed by atoms with Gasteiger partial charge in [-0.2, -0.15) is 8.78 Å². The Morgan fingerprint density at radius 2 is 2.00 bits per heavy atom. The van der Waals surface area contributed by atoms with E-state index in [4.69, 9.17) is 5.73 Å². The van der Waals surface area contributed by atoms with E-state index in [1.54, 1.807) is 5.32 Å². The molecule has 0 bridgehead atoms. The van der Waals surface area contributed by atoms with Crippen LogP contribution in [0.4, 0.5) is 27.6 Å². The quantitative estimate of drug-likeness (QED) is 0.648. The monoisotopic (exact) mass is 268 g/mol. The Balaban J connectivity index is 2.69. The van der Waals surface area contributed by atoms with Gasteiger partial charge in [0, 0.05) is 5.56 Å². The first-order chi connectivity index (χ1) is 8.24. The van der Waals surface area contributed by atoms with Gasteiger partial charge in [0.2, 0.25) is 0 Å². The standard InChI is InChI=1S/C10H9F5N2O/c11-6-2-1-5(3-7(6)16)8(18)17-4-10(14,15)9(12)13/h1-3,9H,4,16H2,(H,17,18). The van der Waals surface area contributed by atoms with Crippen LogP contribution in [0.2, 0.25) is 0 Å². The molecule has 1 aromatic rings. The zero-order valence-corrected chi connectivity index (χ0v) is 8.89. The number of benzene rings is 1. The molecule has 0 aliphatic rings. The molecule has 0 radical (unpaired) electrons. The number of carbonyl (C=O) groups is 1. The third-order valence-electron chi connectivity index (χ3n) is 2.06. The Hall–Kier alpha value is -1.86. The number of hydrogen-bond donors (Lipinski definition) is 2. The van der Waals surface area contributed by atoms with E-state index in [2.05, 4.69) is 0 Å². The maximum Gasteiger partial charge on any atom is 0.324 e. The highest BCUT2D eigenvalue weighted by Gasteiger charge is 2.40. The van der Waals surface area contributed by atoms with Crippen molar-refractivity contribution in [1.29, 1.82) is 0 Å². The second-order valence-electron chi connectivity index (χ2n) is 3.48. The molecule has 8 heteroatoms. The average molecular weight is 268 g/mol. The van der Waals surface area contributed by atoms with Crippen molar-refractivity contribution in [1.82, 2.24) is 5.32 Å². The number of alkyl halides is 4. The fourth-order valence-electron chi connectivity index (χ4n) is 1.06. The molecule has 0 atom stereocenters. The van der Waals surface area contributed by atoms with Crippen LogP contribution in [0, 0.1) is 5.82 Å². The Kier molecular flexibility index (Phi) is 4.10. The minimum Gasteiger partial charge on any atom is -0.396 e. The number of anilines is 1. The lowest BCUT2D eigenvalue weighted by molar-refractivity contribution is -0.123. The lowest BCUT2D eigenvalue weighted by atomic mass is 10.2. The van der Waals surface area contributed by atoms with Crippen LogP contribution in [0.15, 0.2) is 18.2 Å². The number of halogens is 5. The van der Waals surface area contributed by atoms with Gasteiger partial charge in [-0.15, -0.1) is 0 Å². The summed E-state index contributed by atoms with van der Waals surface area (Å²) >= 11 is 0. The number of amides is 1. The summed E-state index contributed by atoms with van der Waals surface area (Å²) in [7, 11) is 0. The molecule has 1 amide bonds. The third-order valence-corrected chi connectivity index (χ3v) is 2.06. The van der Waals surface area contributed by atoms with Crippen molar-refractivity contribution in [3.8, 4) is 0 Å². The average Bonchev–Trinajstić information content (AvgIpc) is 2.29. The second-order valence-corrected chi connectivity index (χ2v) is 3.48. The van der Waals surface area contributed by atoms with E-state index < -0.39 is 30.6 Å². The summed E-state index contributed by atoms with van der Waals surface area (Å²) in [6.45, 7) is -1.51. The summed E-state index contributed by atoms with van der Waals surface area (Å²) in [6.07, 6.45) is -3.88. The van der Waals surface area contributed by atoms with Gasteiger partial charge in [0.1, 0.15) is 5.82 Å². The van der Waals surface area contributed by atoms with E-state index in [0.29, 0.717) is 0 Å². The number of carbonyl (C=O) groups excluding carboxylic acids is 1. The minimum absolute atomic E-state index is 0.195. The molecule has 0 saturated carbocycles. The largest absolute Gasteiger partial charge is 0.396 e. The molecule has 3 nitrogen and oxygen atoms in total. The van der Waals surface area contributed by atoms with Gasteiger partial charge in [-0.25, -0.2) is 13.2 Å². The highest BCUT2D eigenvalue weighted by Crippen LogP contribution is 2.21. The van der Waals surface area contributed by atoms with E-state index in [1.165, 1.54) is 0 Å². The first-order valence-electron chi connectivity index (χ1n) is 4.73. The zero-order valence-electron chi connectivity index (χ0n) is 8.89. The van der Waals surface area contributed by atoms with Gasteiger partial charge in [0.05, 0.1) is 12.2 Å². The summed E-state index contributed by atoms with van der Waals surface area (Å²) in [5, 5.41) is 1.62. The van der Waals surface area contributed by atoms with Gasteiger partial charge in [-0.05, 0) is 18.2 Å². The van der Waals surface area contributed by atoms with Crippen LogP contribution in [0.25, 0.3) is 0 Å². The van der Waals surface area contributed by atoms with Gasteiger partial charge < -0.3 is 11.1 Å². The lowest BCUT2D eigenvalue weighted by Gasteiger charge is -2.15. The molecule has 0 spiro atoms. The molecular formula is C10H9F5N2O. The van der Waals surface area contributed by atoms with Crippen molar-refractivity contribution < 1.29 is 26.7 Å². The number of nitrogens with one attached hydrogen (secondary N) is 1. The third kappa shape index (κ3) is 3.31. The Morgan fingerprint density at radius 3 is 2.50 bits per heavy atom. The summed E-state index contributed by atoms with van der Waals surface area (Å²) in [5.74, 6) is -6.13. The van der Waals surface area contributed by atoms with E-state index in [0.717, 1.165) is 18.2 Å². The van der Waals surface area contributed by atoms with Crippen molar-refractivity contribution in [2.75, 3.05) is 12.3 Å². The summed E-state index contributed by atoms with van der Waals surface area (Å²) in [6, 6.07) is 2.79. The van der Waals surface area contributed by atoms with Gasteiger partial charge in [-0.1, -0.05) is 0 Å². The van der Waals surface area contributed by atoms with E-state index in [9.17, 15) is 26.7 Å². The molecule has 3 N–H and O–H groups in total. The zero-order chi connectivity index (χ0) is 13.9. The van der Waals surface area contributed by atoms with Crippen LogP contribution in [0.3, 0.4) is 0 Å². The van der Waals surface area contributed by atoms with Crippen LogP contribution in [-0.2, 0) is 0 Å². The summed E-state index contributed by atoms with van der Waals surface area (Å²) < 4.78 is 61.4. The van der Waals surface area contributed by atoms with Gasteiger partial charge >= 0.3 is 12.3 Å². The molecule has 0 aliphatic carbocycles. The van der Waals surface area contributed by atoms with Crippen molar-refractivity contribution in [3.63, 3.8) is 0 Å². The smallest absolute Gasteiger partial charge is 0.324 e. The van der Waals surface area contributed by atoms with Gasteiger partial charge in [0.15, 0.2) is 0 Å². The number of rotatable bonds is 4. The first-order valence-corrected chi connectivity index (χ1v) is 4.73. The minimum atomic E-state index is -4.32. The highest BCUT2D eigenvalue weighted by molar-refractivity contribution is 5.95. The molecule has 0 unspecified atom stereocenters. The number of nitrogen functional groups attached to an aromatic ring is 1. The van der Waals surface area contributed by atoms with Crippen LogP contribution < -0.4 is 11.1 Å². The molecule has 0 heterocycles. The van der Waals surface area contributed by atoms with E-state index >= 15 is 0 Å². The molecule has 0 aliphatic heterocycles. The van der Waals surface area contributed by atoms with Gasteiger partial charge in [0.25, 0.3) is 5.91 Å². The Bertz CT molecular complexity index is 450. The maximum atomic E-state index is 12.8. The second kappa shape index (κ2) is 5.19. The molecule has 0 fully saturated rings. The van der Waals surface area contributed by atoms with Crippen LogP contribution in [-0.4, -0.2) is 24.8 Å². The molecule has 0 aromatic heterocycles. The first kappa shape index (κ1) is 14.2. The predicted molar refractivity (Wildman–Crippen MR) is 54.1 cm³/mol.